The smallest absolute Gasteiger partial charge is 0.308 e. The van der Waals surface area contributed by atoms with E-state index in [1.54, 1.807) is 19.1 Å². The molecule has 314 valence electrons. The standard InChI is InChI=1S/C42H71NO11Si/c1-15-35-33(23-28(8)44)21-25(5)19-20-34(47)26(6)22-27(7)39(29(9)36(24-37(48)52-35)54-55(16-2,17-3)18-4)53-42-41(51-32(12)46)38(43(13)14)40(30(10)49-42)50-31(11)45/h19-21,26-27,29-30,33,35-36,38-42H,15-18,22-24H2,1-14H3/t26-,27+,29+,30?,33?,35?,36-,38?,39+,40?,41?,42?/m1/s1. The van der Waals surface area contributed by atoms with Gasteiger partial charge in [0, 0.05) is 38.0 Å². The lowest BCUT2D eigenvalue weighted by molar-refractivity contribution is -0.307. The summed E-state index contributed by atoms with van der Waals surface area (Å²) in [6, 6.07) is 1.93. The van der Waals surface area contributed by atoms with Crippen LogP contribution in [0.25, 0.3) is 0 Å². The van der Waals surface area contributed by atoms with E-state index in [0.29, 0.717) is 12.8 Å². The zero-order chi connectivity index (χ0) is 41.8. The first-order valence-electron chi connectivity index (χ1n) is 20.3. The summed E-state index contributed by atoms with van der Waals surface area (Å²) in [5, 5.41) is 0. The molecular formula is C42H71NO11Si. The number of likely N-dealkylation sites (N-methyl/N-ethyl adjacent to an activating group) is 1. The summed E-state index contributed by atoms with van der Waals surface area (Å²) in [5.74, 6) is -3.01. The van der Waals surface area contributed by atoms with Crippen LogP contribution in [-0.2, 0) is 52.1 Å². The third kappa shape index (κ3) is 14.0. The van der Waals surface area contributed by atoms with Gasteiger partial charge in [-0.05, 0) is 77.8 Å². The summed E-state index contributed by atoms with van der Waals surface area (Å²) in [7, 11) is 1.29. The summed E-state index contributed by atoms with van der Waals surface area (Å²) < 4.78 is 38.5. The molecule has 2 heterocycles. The van der Waals surface area contributed by atoms with E-state index in [2.05, 4.69) is 20.8 Å². The first-order chi connectivity index (χ1) is 25.7. The number of nitrogens with zero attached hydrogens (tertiary/aromatic N) is 1. The number of Topliss-reactive ketones (excluding diaryl/α,β-unsaturated/α-hetero) is 1. The van der Waals surface area contributed by atoms with Crippen molar-refractivity contribution in [1.82, 2.24) is 4.90 Å². The Morgan fingerprint density at radius 1 is 0.873 bits per heavy atom. The highest BCUT2D eigenvalue weighted by molar-refractivity contribution is 6.73. The van der Waals surface area contributed by atoms with Crippen molar-refractivity contribution in [2.45, 2.75) is 176 Å². The van der Waals surface area contributed by atoms with Crippen LogP contribution in [0.5, 0.6) is 0 Å². The Balaban J connectivity index is 2.80. The molecule has 12 nitrogen and oxygen atoms in total. The second kappa shape index (κ2) is 22.3. The lowest BCUT2D eigenvalue weighted by atomic mass is 9.82. The van der Waals surface area contributed by atoms with E-state index in [9.17, 15) is 24.0 Å². The van der Waals surface area contributed by atoms with E-state index in [1.165, 1.54) is 20.8 Å². The molecule has 0 bridgehead atoms. The highest BCUT2D eigenvalue weighted by Crippen LogP contribution is 2.37. The molecule has 12 atom stereocenters. The predicted molar refractivity (Wildman–Crippen MR) is 213 cm³/mol. The van der Waals surface area contributed by atoms with Crippen LogP contribution in [0.3, 0.4) is 0 Å². The van der Waals surface area contributed by atoms with Crippen molar-refractivity contribution in [1.29, 1.82) is 0 Å². The molecule has 0 radical (unpaired) electrons. The first-order valence-corrected chi connectivity index (χ1v) is 22.8. The number of hydrogen-bond acceptors (Lipinski definition) is 12. The second-order valence-corrected chi connectivity index (χ2v) is 20.9. The van der Waals surface area contributed by atoms with E-state index in [1.807, 2.05) is 59.7 Å². The van der Waals surface area contributed by atoms with Crippen molar-refractivity contribution in [2.24, 2.45) is 23.7 Å². The summed E-state index contributed by atoms with van der Waals surface area (Å²) in [5.41, 5.74) is 0.796. The van der Waals surface area contributed by atoms with Gasteiger partial charge in [0.05, 0.1) is 30.8 Å². The van der Waals surface area contributed by atoms with Gasteiger partial charge >= 0.3 is 17.9 Å². The van der Waals surface area contributed by atoms with Crippen molar-refractivity contribution in [3.63, 3.8) is 0 Å². The van der Waals surface area contributed by atoms with Gasteiger partial charge in [0.15, 0.2) is 26.5 Å². The number of rotatable bonds is 13. The van der Waals surface area contributed by atoms with E-state index >= 15 is 0 Å². The van der Waals surface area contributed by atoms with Gasteiger partial charge in [-0.3, -0.25) is 24.1 Å². The number of carbonyl (C=O) groups is 5. The molecule has 1 saturated heterocycles. The minimum atomic E-state index is -2.33. The lowest BCUT2D eigenvalue weighted by Gasteiger charge is -2.48. The van der Waals surface area contributed by atoms with E-state index < -0.39 is 81.1 Å². The van der Waals surface area contributed by atoms with Crippen LogP contribution in [0.15, 0.2) is 23.8 Å². The fraction of sp³-hybridized carbons (Fsp3) is 0.786. The molecule has 0 aromatic carbocycles. The van der Waals surface area contributed by atoms with Gasteiger partial charge in [-0.25, -0.2) is 0 Å². The van der Waals surface area contributed by atoms with Crippen LogP contribution in [-0.4, -0.2) is 106 Å². The molecule has 1 fully saturated rings. The topological polar surface area (TPSA) is 144 Å². The second-order valence-electron chi connectivity index (χ2n) is 16.1. The maximum atomic E-state index is 14.1. The van der Waals surface area contributed by atoms with Crippen LogP contribution in [0.2, 0.25) is 18.1 Å². The van der Waals surface area contributed by atoms with E-state index in [-0.39, 0.29) is 42.2 Å². The van der Waals surface area contributed by atoms with Crippen molar-refractivity contribution in [3.8, 4) is 0 Å². The average Bonchev–Trinajstić information content (AvgIpc) is 3.10. The predicted octanol–water partition coefficient (Wildman–Crippen LogP) is 6.99. The van der Waals surface area contributed by atoms with Gasteiger partial charge in [-0.2, -0.15) is 0 Å². The van der Waals surface area contributed by atoms with Gasteiger partial charge in [0.2, 0.25) is 0 Å². The monoisotopic (exact) mass is 793 g/mol. The molecule has 2 aliphatic rings. The molecule has 0 spiro atoms. The molecule has 0 aromatic heterocycles. The van der Waals surface area contributed by atoms with Crippen molar-refractivity contribution >= 4 is 37.8 Å². The zero-order valence-electron chi connectivity index (χ0n) is 36.0. The van der Waals surface area contributed by atoms with Crippen molar-refractivity contribution in [3.05, 3.63) is 23.8 Å². The normalized spacial score (nSPS) is 33.1. The number of esters is 3. The van der Waals surface area contributed by atoms with Crippen molar-refractivity contribution < 1.29 is 52.1 Å². The Kier molecular flexibility index (Phi) is 19.6. The molecule has 0 saturated carbocycles. The number of ketones is 2. The fourth-order valence-electron chi connectivity index (χ4n) is 8.23. The van der Waals surface area contributed by atoms with Gasteiger partial charge in [0.25, 0.3) is 0 Å². The Morgan fingerprint density at radius 2 is 1.45 bits per heavy atom. The quantitative estimate of drug-likeness (QED) is 0.108. The molecule has 0 aromatic rings. The lowest BCUT2D eigenvalue weighted by Crippen LogP contribution is -2.65. The van der Waals surface area contributed by atoms with Crippen LogP contribution in [0.4, 0.5) is 0 Å². The van der Waals surface area contributed by atoms with Crippen molar-refractivity contribution in [2.75, 3.05) is 14.1 Å². The maximum absolute atomic E-state index is 14.1. The molecule has 55 heavy (non-hydrogen) atoms. The summed E-state index contributed by atoms with van der Waals surface area (Å²) in [4.78, 5) is 66.7. The third-order valence-electron chi connectivity index (χ3n) is 11.5. The molecular weight excluding hydrogens is 723 g/mol. The molecule has 0 amide bonds. The zero-order valence-corrected chi connectivity index (χ0v) is 37.0. The van der Waals surface area contributed by atoms with E-state index in [4.69, 9.17) is 28.1 Å². The summed E-state index contributed by atoms with van der Waals surface area (Å²) in [6.45, 7) is 22.0. The van der Waals surface area contributed by atoms with E-state index in [0.717, 1.165) is 23.7 Å². The van der Waals surface area contributed by atoms with Crippen LogP contribution in [0, 0.1) is 23.7 Å². The number of carbonyl (C=O) groups excluding carboxylic acids is 5. The summed E-state index contributed by atoms with van der Waals surface area (Å²) >= 11 is 0. The highest BCUT2D eigenvalue weighted by atomic mass is 28.4. The number of allylic oxidation sites excluding steroid dienone is 3. The van der Waals surface area contributed by atoms with Gasteiger partial charge in [0.1, 0.15) is 18.0 Å². The number of ether oxygens (including phenoxy) is 5. The molecule has 2 aliphatic heterocycles. The van der Waals surface area contributed by atoms with Crippen LogP contribution < -0.4 is 0 Å². The summed E-state index contributed by atoms with van der Waals surface area (Å²) in [6.07, 6.45) is 0.994. The Morgan fingerprint density at radius 3 is 1.96 bits per heavy atom. The van der Waals surface area contributed by atoms with Crippen LogP contribution in [0.1, 0.15) is 109 Å². The Bertz CT molecular complexity index is 1350. The minimum Gasteiger partial charge on any atom is -0.462 e. The highest BCUT2D eigenvalue weighted by Gasteiger charge is 2.52. The minimum absolute atomic E-state index is 0.0259. The SMILES string of the molecule is CCC1OC(=O)C[C@@H](O[Si](CC)(CC)CC)[C@H](C)[C@@H](OC2OC(C)C(OC(C)=O)C(N(C)C)C2OC(C)=O)[C@@H](C)C[C@@H](C)C(=O)C=CC(C)=CC1CC(C)=O. The average molecular weight is 794 g/mol. The number of hydrogen-bond donors (Lipinski definition) is 0. The third-order valence-corrected chi connectivity index (χ3v) is 16.2. The molecule has 7 unspecified atom stereocenters. The van der Waals surface area contributed by atoms with Gasteiger partial charge < -0.3 is 32.9 Å². The molecule has 13 heteroatoms. The number of cyclic esters (lactones) is 1. The van der Waals surface area contributed by atoms with Crippen LogP contribution >= 0.6 is 0 Å². The largest absolute Gasteiger partial charge is 0.462 e. The Hall–Kier alpha value is -2.71. The maximum Gasteiger partial charge on any atom is 0.308 e. The molecule has 0 aliphatic carbocycles. The first kappa shape index (κ1) is 48.4. The van der Waals surface area contributed by atoms with Gasteiger partial charge in [-0.1, -0.05) is 66.2 Å². The van der Waals surface area contributed by atoms with Gasteiger partial charge in [-0.15, -0.1) is 0 Å². The Labute approximate surface area is 331 Å². The molecule has 2 rings (SSSR count). The molecule has 0 N–H and O–H groups in total. The fourth-order valence-corrected chi connectivity index (χ4v) is 11.2.